The molecule has 1 unspecified atom stereocenters. The fraction of sp³-hybridized carbons (Fsp3) is 0.571. The molecular formula is C14H22N2O2. The fourth-order valence-corrected chi connectivity index (χ4v) is 2.39. The number of nitrogen functional groups attached to an aromatic ring is 1. The average Bonchev–Trinajstić information content (AvgIpc) is 2.39. The summed E-state index contributed by atoms with van der Waals surface area (Å²) >= 11 is 0. The van der Waals surface area contributed by atoms with E-state index >= 15 is 0 Å². The number of nitrogens with zero attached hydrogens (tertiary/aromatic N) is 1. The molecule has 1 fully saturated rings. The summed E-state index contributed by atoms with van der Waals surface area (Å²) in [5, 5.41) is 0. The van der Waals surface area contributed by atoms with Crippen LogP contribution in [0.25, 0.3) is 0 Å². The number of methoxy groups -OCH3 is 1. The van der Waals surface area contributed by atoms with Crippen LogP contribution in [0.3, 0.4) is 0 Å². The van der Waals surface area contributed by atoms with Crippen LogP contribution in [-0.2, 0) is 4.74 Å². The van der Waals surface area contributed by atoms with Crippen molar-refractivity contribution in [1.82, 2.24) is 0 Å². The summed E-state index contributed by atoms with van der Waals surface area (Å²) in [6, 6.07) is 5.83. The van der Waals surface area contributed by atoms with Crippen molar-refractivity contribution >= 4 is 11.4 Å². The van der Waals surface area contributed by atoms with Crippen LogP contribution >= 0.6 is 0 Å². The van der Waals surface area contributed by atoms with Crippen LogP contribution in [0.2, 0.25) is 0 Å². The van der Waals surface area contributed by atoms with Crippen molar-refractivity contribution in [3.63, 3.8) is 0 Å². The normalized spacial score (nSPS) is 19.6. The third kappa shape index (κ3) is 3.29. The second kappa shape index (κ2) is 5.96. The van der Waals surface area contributed by atoms with Crippen LogP contribution in [0.5, 0.6) is 5.75 Å². The molecule has 1 aromatic carbocycles. The van der Waals surface area contributed by atoms with Crippen molar-refractivity contribution in [1.29, 1.82) is 0 Å². The number of ether oxygens (including phenoxy) is 2. The summed E-state index contributed by atoms with van der Waals surface area (Å²) < 4.78 is 10.8. The van der Waals surface area contributed by atoms with Gasteiger partial charge in [-0.1, -0.05) is 0 Å². The topological polar surface area (TPSA) is 47.7 Å². The van der Waals surface area contributed by atoms with E-state index in [1.54, 1.807) is 7.11 Å². The van der Waals surface area contributed by atoms with Gasteiger partial charge >= 0.3 is 0 Å². The lowest BCUT2D eigenvalue weighted by atomic mass is 10.0. The number of nitrogens with two attached hydrogens (primary N) is 1. The van der Waals surface area contributed by atoms with Gasteiger partial charge in [-0.25, -0.2) is 0 Å². The number of hydrogen-bond donors (Lipinski definition) is 1. The van der Waals surface area contributed by atoms with E-state index in [1.165, 1.54) is 12.8 Å². The first kappa shape index (κ1) is 13.0. The van der Waals surface area contributed by atoms with Crippen molar-refractivity contribution < 1.29 is 9.47 Å². The van der Waals surface area contributed by atoms with Crippen LogP contribution in [0.4, 0.5) is 11.4 Å². The van der Waals surface area contributed by atoms with E-state index in [4.69, 9.17) is 15.2 Å². The Balaban J connectivity index is 2.02. The van der Waals surface area contributed by atoms with Gasteiger partial charge in [0.1, 0.15) is 5.75 Å². The predicted molar refractivity (Wildman–Crippen MR) is 74.2 cm³/mol. The Bertz CT molecular complexity index is 389. The standard InChI is InChI=1S/C14H22N2O2/c1-16(9-11-4-3-5-18-10-11)13-6-12(15)7-14(8-13)17-2/h6-8,11H,3-5,9-10,15H2,1-2H3. The van der Waals surface area contributed by atoms with Gasteiger partial charge in [0, 0.05) is 43.7 Å². The van der Waals surface area contributed by atoms with Crippen molar-refractivity contribution in [3.05, 3.63) is 18.2 Å². The van der Waals surface area contributed by atoms with Crippen LogP contribution in [0.1, 0.15) is 12.8 Å². The lowest BCUT2D eigenvalue weighted by molar-refractivity contribution is 0.0576. The summed E-state index contributed by atoms with van der Waals surface area (Å²) in [6.45, 7) is 2.77. The lowest BCUT2D eigenvalue weighted by Gasteiger charge is -2.28. The molecule has 1 atom stereocenters. The molecule has 0 aliphatic carbocycles. The third-order valence-electron chi connectivity index (χ3n) is 3.38. The molecule has 0 amide bonds. The molecule has 0 aromatic heterocycles. The predicted octanol–water partition coefficient (Wildman–Crippen LogP) is 2.14. The van der Waals surface area contributed by atoms with E-state index in [1.807, 2.05) is 18.2 Å². The Morgan fingerprint density at radius 1 is 1.44 bits per heavy atom. The molecule has 0 spiro atoms. The lowest BCUT2D eigenvalue weighted by Crippen LogP contribution is -2.30. The molecule has 18 heavy (non-hydrogen) atoms. The molecule has 0 saturated carbocycles. The van der Waals surface area contributed by atoms with Gasteiger partial charge in [0.2, 0.25) is 0 Å². The van der Waals surface area contributed by atoms with Gasteiger partial charge in [-0.3, -0.25) is 0 Å². The van der Waals surface area contributed by atoms with Gasteiger partial charge in [0.05, 0.1) is 13.7 Å². The molecule has 0 radical (unpaired) electrons. The molecule has 1 heterocycles. The zero-order valence-electron chi connectivity index (χ0n) is 11.2. The first-order valence-electron chi connectivity index (χ1n) is 6.42. The van der Waals surface area contributed by atoms with Gasteiger partial charge in [-0.15, -0.1) is 0 Å². The monoisotopic (exact) mass is 250 g/mol. The summed E-state index contributed by atoms with van der Waals surface area (Å²) in [5.41, 5.74) is 7.70. The summed E-state index contributed by atoms with van der Waals surface area (Å²) in [7, 11) is 3.75. The molecule has 4 nitrogen and oxygen atoms in total. The van der Waals surface area contributed by atoms with Crippen molar-refractivity contribution in [2.45, 2.75) is 12.8 Å². The van der Waals surface area contributed by atoms with Crippen LogP contribution in [0, 0.1) is 5.92 Å². The number of hydrogen-bond acceptors (Lipinski definition) is 4. The minimum atomic E-state index is 0.608. The smallest absolute Gasteiger partial charge is 0.122 e. The van der Waals surface area contributed by atoms with Crippen molar-refractivity contribution in [2.24, 2.45) is 5.92 Å². The number of benzene rings is 1. The maximum Gasteiger partial charge on any atom is 0.122 e. The SMILES string of the molecule is COc1cc(N)cc(N(C)CC2CCCOC2)c1. The molecule has 0 bridgehead atoms. The van der Waals surface area contributed by atoms with Crippen LogP contribution in [-0.4, -0.2) is 33.9 Å². The minimum Gasteiger partial charge on any atom is -0.497 e. The Morgan fingerprint density at radius 2 is 2.28 bits per heavy atom. The van der Waals surface area contributed by atoms with Crippen molar-refractivity contribution in [3.8, 4) is 5.75 Å². The second-order valence-electron chi connectivity index (χ2n) is 4.93. The van der Waals surface area contributed by atoms with Gasteiger partial charge < -0.3 is 20.1 Å². The van der Waals surface area contributed by atoms with E-state index in [0.717, 1.165) is 36.9 Å². The highest BCUT2D eigenvalue weighted by Gasteiger charge is 2.16. The van der Waals surface area contributed by atoms with Crippen LogP contribution < -0.4 is 15.4 Å². The molecule has 1 aliphatic heterocycles. The Morgan fingerprint density at radius 3 is 2.94 bits per heavy atom. The Hall–Kier alpha value is -1.42. The van der Waals surface area contributed by atoms with E-state index < -0.39 is 0 Å². The zero-order valence-corrected chi connectivity index (χ0v) is 11.2. The van der Waals surface area contributed by atoms with Crippen molar-refractivity contribution in [2.75, 3.05) is 44.5 Å². The Labute approximate surface area is 109 Å². The van der Waals surface area contributed by atoms with E-state index in [2.05, 4.69) is 11.9 Å². The van der Waals surface area contributed by atoms with E-state index in [-0.39, 0.29) is 0 Å². The molecule has 1 saturated heterocycles. The molecule has 4 heteroatoms. The van der Waals surface area contributed by atoms with Gasteiger partial charge in [-0.2, -0.15) is 0 Å². The number of anilines is 2. The highest BCUT2D eigenvalue weighted by Crippen LogP contribution is 2.26. The van der Waals surface area contributed by atoms with E-state index in [9.17, 15) is 0 Å². The molecule has 1 aromatic rings. The van der Waals surface area contributed by atoms with E-state index in [0.29, 0.717) is 5.92 Å². The van der Waals surface area contributed by atoms with Crippen LogP contribution in [0.15, 0.2) is 18.2 Å². The zero-order chi connectivity index (χ0) is 13.0. The maximum atomic E-state index is 5.87. The summed E-state index contributed by atoms with van der Waals surface area (Å²) in [5.74, 6) is 1.41. The Kier molecular flexibility index (Phi) is 4.31. The summed E-state index contributed by atoms with van der Waals surface area (Å²) in [6.07, 6.45) is 2.41. The quantitative estimate of drug-likeness (QED) is 0.832. The average molecular weight is 250 g/mol. The first-order valence-corrected chi connectivity index (χ1v) is 6.42. The van der Waals surface area contributed by atoms with Gasteiger partial charge in [0.25, 0.3) is 0 Å². The number of rotatable bonds is 4. The first-order chi connectivity index (χ1) is 8.69. The van der Waals surface area contributed by atoms with Gasteiger partial charge in [0.15, 0.2) is 0 Å². The highest BCUT2D eigenvalue weighted by atomic mass is 16.5. The minimum absolute atomic E-state index is 0.608. The third-order valence-corrected chi connectivity index (χ3v) is 3.38. The largest absolute Gasteiger partial charge is 0.497 e. The molecule has 2 rings (SSSR count). The maximum absolute atomic E-state index is 5.87. The summed E-state index contributed by atoms with van der Waals surface area (Å²) in [4.78, 5) is 2.22. The fourth-order valence-electron chi connectivity index (χ4n) is 2.39. The molecule has 100 valence electrons. The molecule has 2 N–H and O–H groups in total. The second-order valence-corrected chi connectivity index (χ2v) is 4.93. The highest BCUT2D eigenvalue weighted by molar-refractivity contribution is 5.60. The van der Waals surface area contributed by atoms with Gasteiger partial charge in [-0.05, 0) is 24.8 Å². The molecule has 1 aliphatic rings. The molecular weight excluding hydrogens is 228 g/mol.